The van der Waals surface area contributed by atoms with Crippen molar-refractivity contribution in [3.8, 4) is 5.75 Å². The predicted octanol–water partition coefficient (Wildman–Crippen LogP) is 3.47. The molecular formula is C23H29N3O2. The van der Waals surface area contributed by atoms with Crippen LogP contribution in [0.1, 0.15) is 37.2 Å². The summed E-state index contributed by atoms with van der Waals surface area (Å²) in [4.78, 5) is 21.4. The first-order valence-electron chi connectivity index (χ1n) is 10.3. The molecule has 2 aliphatic rings. The fourth-order valence-corrected chi connectivity index (χ4v) is 4.52. The quantitative estimate of drug-likeness (QED) is 0.798. The van der Waals surface area contributed by atoms with Gasteiger partial charge in [0.15, 0.2) is 0 Å². The molecule has 2 aliphatic heterocycles. The smallest absolute Gasteiger partial charge is 0.272 e. The van der Waals surface area contributed by atoms with Gasteiger partial charge in [-0.15, -0.1) is 0 Å². The van der Waals surface area contributed by atoms with Gasteiger partial charge in [-0.25, -0.2) is 0 Å². The molecule has 0 unspecified atom stereocenters. The van der Waals surface area contributed by atoms with Crippen LogP contribution in [-0.2, 0) is 0 Å². The van der Waals surface area contributed by atoms with Crippen molar-refractivity contribution in [3.05, 3.63) is 60.4 Å². The zero-order chi connectivity index (χ0) is 19.5. The highest BCUT2D eigenvalue weighted by atomic mass is 16.5. The molecule has 0 spiro atoms. The highest BCUT2D eigenvalue weighted by Crippen LogP contribution is 2.36. The van der Waals surface area contributed by atoms with E-state index in [0.29, 0.717) is 23.7 Å². The summed E-state index contributed by atoms with van der Waals surface area (Å²) in [6.45, 7) is 7.07. The lowest BCUT2D eigenvalue weighted by atomic mass is 9.79. The Hall–Kier alpha value is -2.40. The van der Waals surface area contributed by atoms with Gasteiger partial charge in [0.2, 0.25) is 0 Å². The molecule has 0 aliphatic carbocycles. The maximum absolute atomic E-state index is 12.7. The van der Waals surface area contributed by atoms with E-state index in [9.17, 15) is 4.79 Å². The zero-order valence-electron chi connectivity index (χ0n) is 16.7. The Labute approximate surface area is 167 Å². The number of hydrogen-bond donors (Lipinski definition) is 0. The fourth-order valence-electron chi connectivity index (χ4n) is 4.52. The summed E-state index contributed by atoms with van der Waals surface area (Å²) in [5, 5.41) is 0. The third-order valence-corrected chi connectivity index (χ3v) is 6.04. The number of piperidine rings is 1. The highest BCUT2D eigenvalue weighted by molar-refractivity contribution is 5.92. The molecule has 3 heterocycles. The summed E-state index contributed by atoms with van der Waals surface area (Å²) < 4.78 is 6.31. The van der Waals surface area contributed by atoms with Crippen molar-refractivity contribution in [1.29, 1.82) is 0 Å². The molecule has 0 bridgehead atoms. The monoisotopic (exact) mass is 379 g/mol. The Bertz CT molecular complexity index is 773. The fraction of sp³-hybridized carbons (Fsp3) is 0.478. The molecule has 2 fully saturated rings. The molecule has 1 amide bonds. The van der Waals surface area contributed by atoms with Gasteiger partial charge in [-0.3, -0.25) is 14.7 Å². The summed E-state index contributed by atoms with van der Waals surface area (Å²) in [6, 6.07) is 16.5. The van der Waals surface area contributed by atoms with E-state index in [1.165, 1.54) is 0 Å². The molecule has 1 aromatic heterocycles. The third kappa shape index (κ3) is 3.90. The Kier molecular flexibility index (Phi) is 5.62. The van der Waals surface area contributed by atoms with Gasteiger partial charge < -0.3 is 9.64 Å². The number of hydrogen-bond acceptors (Lipinski definition) is 4. The lowest BCUT2D eigenvalue weighted by Crippen LogP contribution is -2.68. The van der Waals surface area contributed by atoms with Gasteiger partial charge >= 0.3 is 0 Å². The van der Waals surface area contributed by atoms with Crippen molar-refractivity contribution in [2.75, 3.05) is 19.6 Å². The number of aromatic nitrogens is 1. The van der Waals surface area contributed by atoms with Crippen molar-refractivity contribution < 1.29 is 9.53 Å². The van der Waals surface area contributed by atoms with E-state index < -0.39 is 0 Å². The van der Waals surface area contributed by atoms with Gasteiger partial charge in [0.05, 0.1) is 6.04 Å². The number of rotatable bonds is 5. The van der Waals surface area contributed by atoms with E-state index in [-0.39, 0.29) is 12.0 Å². The molecule has 1 aromatic carbocycles. The molecule has 0 radical (unpaired) electrons. The average molecular weight is 380 g/mol. The van der Waals surface area contributed by atoms with Crippen LogP contribution >= 0.6 is 0 Å². The van der Waals surface area contributed by atoms with E-state index in [4.69, 9.17) is 4.74 Å². The maximum Gasteiger partial charge on any atom is 0.272 e. The second-order valence-electron chi connectivity index (χ2n) is 8.10. The highest BCUT2D eigenvalue weighted by Gasteiger charge is 2.47. The van der Waals surface area contributed by atoms with Crippen molar-refractivity contribution in [2.45, 2.75) is 44.9 Å². The van der Waals surface area contributed by atoms with E-state index in [0.717, 1.165) is 38.2 Å². The summed E-state index contributed by atoms with van der Waals surface area (Å²) >= 11 is 0. The lowest BCUT2D eigenvalue weighted by molar-refractivity contribution is -0.0983. The molecule has 5 heteroatoms. The summed E-state index contributed by atoms with van der Waals surface area (Å²) in [6.07, 6.45) is 3.94. The molecule has 148 valence electrons. The Balaban J connectivity index is 1.39. The maximum atomic E-state index is 12.7. The van der Waals surface area contributed by atoms with Crippen LogP contribution in [0.5, 0.6) is 5.75 Å². The number of pyridine rings is 1. The Morgan fingerprint density at radius 2 is 1.79 bits per heavy atom. The Morgan fingerprint density at radius 3 is 2.43 bits per heavy atom. The molecule has 0 N–H and O–H groups in total. The number of carbonyl (C=O) groups excluding carboxylic acids is 1. The second kappa shape index (κ2) is 8.31. The lowest BCUT2D eigenvalue weighted by Gasteiger charge is -2.54. The third-order valence-electron chi connectivity index (χ3n) is 6.04. The van der Waals surface area contributed by atoms with Crippen LogP contribution in [0.15, 0.2) is 54.7 Å². The van der Waals surface area contributed by atoms with Crippen molar-refractivity contribution in [1.82, 2.24) is 14.8 Å². The number of likely N-dealkylation sites (tertiary alicyclic amines) is 2. The first-order chi connectivity index (χ1) is 13.6. The van der Waals surface area contributed by atoms with Gasteiger partial charge in [-0.1, -0.05) is 24.3 Å². The van der Waals surface area contributed by atoms with Crippen LogP contribution in [0.3, 0.4) is 0 Å². The van der Waals surface area contributed by atoms with Crippen LogP contribution < -0.4 is 4.74 Å². The van der Waals surface area contributed by atoms with Crippen LogP contribution in [-0.4, -0.2) is 58.5 Å². The predicted molar refractivity (Wildman–Crippen MR) is 109 cm³/mol. The van der Waals surface area contributed by atoms with Crippen LogP contribution in [0.4, 0.5) is 0 Å². The molecule has 0 saturated carbocycles. The van der Waals surface area contributed by atoms with Crippen molar-refractivity contribution in [2.24, 2.45) is 5.92 Å². The van der Waals surface area contributed by atoms with E-state index in [1.54, 1.807) is 12.3 Å². The Morgan fingerprint density at radius 1 is 1.07 bits per heavy atom. The largest absolute Gasteiger partial charge is 0.487 e. The second-order valence-corrected chi connectivity index (χ2v) is 8.10. The van der Waals surface area contributed by atoms with Crippen molar-refractivity contribution in [3.63, 3.8) is 0 Å². The van der Waals surface area contributed by atoms with Crippen LogP contribution in [0, 0.1) is 5.92 Å². The first-order valence-corrected chi connectivity index (χ1v) is 10.3. The molecule has 5 nitrogen and oxygen atoms in total. The van der Waals surface area contributed by atoms with Crippen LogP contribution in [0.25, 0.3) is 0 Å². The molecule has 4 rings (SSSR count). The zero-order valence-corrected chi connectivity index (χ0v) is 16.7. The molecular weight excluding hydrogens is 350 g/mol. The van der Waals surface area contributed by atoms with Crippen molar-refractivity contribution >= 4 is 5.91 Å². The van der Waals surface area contributed by atoms with Gasteiger partial charge in [0.25, 0.3) is 5.91 Å². The molecule has 28 heavy (non-hydrogen) atoms. The number of ether oxygens (including phenoxy) is 1. The molecule has 2 saturated heterocycles. The number of para-hydroxylation sites is 1. The number of nitrogens with zero attached hydrogens (tertiary/aromatic N) is 3. The van der Waals surface area contributed by atoms with Gasteiger partial charge in [-0.05, 0) is 56.9 Å². The minimum Gasteiger partial charge on any atom is -0.487 e. The summed E-state index contributed by atoms with van der Waals surface area (Å²) in [5.41, 5.74) is 0.540. The number of benzene rings is 1. The first kappa shape index (κ1) is 18.9. The standard InChI is InChI=1S/C23H29N3O2/c1-17(2)26-16-21(28-19-8-4-3-5-9-19)22(26)18-11-14-25(15-12-18)23(27)20-10-6-7-13-24-20/h3-10,13,17-18,21-22H,11-12,14-16H2,1-2H3/t21-,22-/m0/s1. The van der Waals surface area contributed by atoms with Gasteiger partial charge in [0, 0.05) is 31.9 Å². The SMILES string of the molecule is CC(C)N1C[C@H](Oc2ccccc2)[C@@H]1C1CCN(C(=O)c2ccccn2)CC1. The van der Waals surface area contributed by atoms with Gasteiger partial charge in [-0.2, -0.15) is 0 Å². The summed E-state index contributed by atoms with van der Waals surface area (Å²) in [5.74, 6) is 1.55. The normalized spacial score (nSPS) is 23.5. The number of amides is 1. The van der Waals surface area contributed by atoms with Gasteiger partial charge in [0.1, 0.15) is 17.5 Å². The number of carbonyl (C=O) groups is 1. The van der Waals surface area contributed by atoms with Crippen LogP contribution in [0.2, 0.25) is 0 Å². The molecule has 2 aromatic rings. The molecule has 2 atom stereocenters. The topological polar surface area (TPSA) is 45.7 Å². The minimum atomic E-state index is 0.0467. The van der Waals surface area contributed by atoms with E-state index in [2.05, 4.69) is 23.7 Å². The minimum absolute atomic E-state index is 0.0467. The van der Waals surface area contributed by atoms with E-state index >= 15 is 0 Å². The van der Waals surface area contributed by atoms with E-state index in [1.807, 2.05) is 47.4 Å². The average Bonchev–Trinajstić information content (AvgIpc) is 2.72. The summed E-state index contributed by atoms with van der Waals surface area (Å²) in [7, 11) is 0.